The first kappa shape index (κ1) is 22.8. The third kappa shape index (κ3) is 5.14. The molecule has 0 unspecified atom stereocenters. The Bertz CT molecular complexity index is 909. The van der Waals surface area contributed by atoms with Crippen LogP contribution in [0.5, 0.6) is 0 Å². The molecule has 32 heavy (non-hydrogen) atoms. The lowest BCUT2D eigenvalue weighted by Gasteiger charge is -2.36. The molecule has 174 valence electrons. The molecule has 2 aromatic rings. The maximum Gasteiger partial charge on any atom is 0.227 e. The van der Waals surface area contributed by atoms with Crippen LogP contribution in [-0.4, -0.2) is 57.1 Å². The Morgan fingerprint density at radius 3 is 2.69 bits per heavy atom. The van der Waals surface area contributed by atoms with Gasteiger partial charge in [-0.3, -0.25) is 9.69 Å². The fourth-order valence-corrected chi connectivity index (χ4v) is 5.20. The molecule has 0 radical (unpaired) electrons. The number of para-hydroxylation sites is 1. The van der Waals surface area contributed by atoms with Crippen molar-refractivity contribution in [1.29, 1.82) is 0 Å². The minimum atomic E-state index is 0.149. The van der Waals surface area contributed by atoms with Gasteiger partial charge in [-0.1, -0.05) is 37.2 Å². The number of carbonyl (C=O) groups excluding carboxylic acids is 1. The summed E-state index contributed by atoms with van der Waals surface area (Å²) in [6.07, 6.45) is 4.35. The molecule has 0 aliphatic carbocycles. The van der Waals surface area contributed by atoms with E-state index in [1.54, 1.807) is 0 Å². The molecule has 2 bridgehead atoms. The minimum absolute atomic E-state index is 0.149. The van der Waals surface area contributed by atoms with E-state index in [9.17, 15) is 4.79 Å². The number of anilines is 1. The highest BCUT2D eigenvalue weighted by atomic mass is 16.5. The monoisotopic (exact) mass is 439 g/mol. The SMILES string of the molecule is CC(C)c1noc(CCC(=O)N2Cc3ccccc3NCC[C@H]3CC[C@@H](C2)N3C(C)C)n1. The number of carbonyl (C=O) groups is 1. The Balaban J connectivity index is 1.53. The van der Waals surface area contributed by atoms with E-state index in [1.165, 1.54) is 12.0 Å². The van der Waals surface area contributed by atoms with Gasteiger partial charge in [-0.2, -0.15) is 4.98 Å². The van der Waals surface area contributed by atoms with Crippen LogP contribution in [0.4, 0.5) is 5.69 Å². The van der Waals surface area contributed by atoms with Crippen LogP contribution < -0.4 is 5.32 Å². The van der Waals surface area contributed by atoms with Crippen molar-refractivity contribution in [3.63, 3.8) is 0 Å². The third-order valence-electron chi connectivity index (χ3n) is 6.78. The van der Waals surface area contributed by atoms with Crippen LogP contribution in [0.2, 0.25) is 0 Å². The normalized spacial score (nSPS) is 22.0. The topological polar surface area (TPSA) is 74.5 Å². The molecular weight excluding hydrogens is 402 g/mol. The molecule has 1 aromatic heterocycles. The lowest BCUT2D eigenvalue weighted by Crippen LogP contribution is -2.48. The number of fused-ring (bicyclic) bond motifs is 3. The summed E-state index contributed by atoms with van der Waals surface area (Å²) >= 11 is 0. The summed E-state index contributed by atoms with van der Waals surface area (Å²) in [5.41, 5.74) is 2.31. The molecule has 0 saturated carbocycles. The van der Waals surface area contributed by atoms with Crippen molar-refractivity contribution >= 4 is 11.6 Å². The van der Waals surface area contributed by atoms with E-state index in [2.05, 4.69) is 58.5 Å². The smallest absolute Gasteiger partial charge is 0.227 e. The van der Waals surface area contributed by atoms with Gasteiger partial charge >= 0.3 is 0 Å². The predicted octanol–water partition coefficient (Wildman–Crippen LogP) is 4.21. The highest BCUT2D eigenvalue weighted by Crippen LogP contribution is 2.31. The molecule has 1 N–H and O–H groups in total. The minimum Gasteiger partial charge on any atom is -0.385 e. The highest BCUT2D eigenvalue weighted by Gasteiger charge is 2.36. The Morgan fingerprint density at radius 2 is 1.94 bits per heavy atom. The number of rotatable bonds is 5. The molecule has 1 fully saturated rings. The van der Waals surface area contributed by atoms with Crippen molar-refractivity contribution in [2.75, 3.05) is 18.4 Å². The van der Waals surface area contributed by atoms with Crippen LogP contribution in [-0.2, 0) is 17.8 Å². The van der Waals surface area contributed by atoms with Crippen molar-refractivity contribution in [3.05, 3.63) is 41.5 Å². The quantitative estimate of drug-likeness (QED) is 0.752. The van der Waals surface area contributed by atoms with Crippen LogP contribution in [0.15, 0.2) is 28.8 Å². The van der Waals surface area contributed by atoms with Crippen LogP contribution >= 0.6 is 0 Å². The molecule has 1 aromatic carbocycles. The average Bonchev–Trinajstić information content (AvgIpc) is 3.38. The number of aryl methyl sites for hydroxylation is 1. The summed E-state index contributed by atoms with van der Waals surface area (Å²) in [5, 5.41) is 7.67. The lowest BCUT2D eigenvalue weighted by atomic mass is 10.1. The van der Waals surface area contributed by atoms with E-state index in [0.717, 1.165) is 31.6 Å². The second-order valence-corrected chi connectivity index (χ2v) is 9.77. The van der Waals surface area contributed by atoms with Gasteiger partial charge in [0.05, 0.1) is 0 Å². The van der Waals surface area contributed by atoms with E-state index < -0.39 is 0 Å². The molecule has 3 heterocycles. The molecule has 1 saturated heterocycles. The van der Waals surface area contributed by atoms with E-state index in [0.29, 0.717) is 49.2 Å². The predicted molar refractivity (Wildman–Crippen MR) is 125 cm³/mol. The van der Waals surface area contributed by atoms with Gasteiger partial charge in [0.1, 0.15) is 0 Å². The van der Waals surface area contributed by atoms with Gasteiger partial charge in [-0.15, -0.1) is 0 Å². The first-order valence-corrected chi connectivity index (χ1v) is 12.1. The fraction of sp³-hybridized carbons (Fsp3) is 0.640. The zero-order valence-corrected chi connectivity index (χ0v) is 19.9. The number of amides is 1. The fourth-order valence-electron chi connectivity index (χ4n) is 5.20. The van der Waals surface area contributed by atoms with Crippen LogP contribution in [0, 0.1) is 0 Å². The molecule has 2 aliphatic rings. The summed E-state index contributed by atoms with van der Waals surface area (Å²) in [5.74, 6) is 1.62. The van der Waals surface area contributed by atoms with Crippen LogP contribution in [0.25, 0.3) is 0 Å². The summed E-state index contributed by atoms with van der Waals surface area (Å²) < 4.78 is 5.37. The van der Waals surface area contributed by atoms with Gasteiger partial charge in [0.15, 0.2) is 5.82 Å². The van der Waals surface area contributed by atoms with E-state index in [-0.39, 0.29) is 11.8 Å². The number of benzene rings is 1. The first-order valence-electron chi connectivity index (χ1n) is 12.1. The van der Waals surface area contributed by atoms with Gasteiger partial charge < -0.3 is 14.7 Å². The van der Waals surface area contributed by atoms with Crippen LogP contribution in [0.3, 0.4) is 0 Å². The largest absolute Gasteiger partial charge is 0.385 e. The number of aromatic nitrogens is 2. The molecular formula is C25H37N5O2. The Labute approximate surface area is 191 Å². The van der Waals surface area contributed by atoms with Gasteiger partial charge in [-0.25, -0.2) is 0 Å². The molecule has 2 atom stereocenters. The number of hydrogen-bond acceptors (Lipinski definition) is 6. The zero-order chi connectivity index (χ0) is 22.7. The molecule has 7 heteroatoms. The van der Waals surface area contributed by atoms with E-state index in [4.69, 9.17) is 4.52 Å². The summed E-state index contributed by atoms with van der Waals surface area (Å²) in [6.45, 7) is 11.0. The van der Waals surface area contributed by atoms with Gasteiger partial charge in [0.2, 0.25) is 11.8 Å². The summed E-state index contributed by atoms with van der Waals surface area (Å²) in [4.78, 5) is 22.6. The highest BCUT2D eigenvalue weighted by molar-refractivity contribution is 5.76. The summed E-state index contributed by atoms with van der Waals surface area (Å²) in [6, 6.07) is 9.83. The van der Waals surface area contributed by atoms with E-state index in [1.807, 2.05) is 18.7 Å². The molecule has 1 amide bonds. The Morgan fingerprint density at radius 1 is 1.16 bits per heavy atom. The van der Waals surface area contributed by atoms with Crippen molar-refractivity contribution in [2.24, 2.45) is 0 Å². The van der Waals surface area contributed by atoms with E-state index >= 15 is 0 Å². The van der Waals surface area contributed by atoms with Crippen molar-refractivity contribution in [3.8, 4) is 0 Å². The second-order valence-electron chi connectivity index (χ2n) is 9.77. The number of hydrogen-bond donors (Lipinski definition) is 1. The standard InChI is InChI=1S/C25H37N5O2/c1-17(2)25-27-23(32-28-25)11-12-24(31)29-15-19-7-5-6-8-22(19)26-14-13-20-9-10-21(16-29)30(20)18(3)4/h5-8,17-18,20-21,26H,9-16H2,1-4H3/t20-,21+/m1/s1. The van der Waals surface area contributed by atoms with Crippen LogP contribution in [0.1, 0.15) is 76.6 Å². The molecule has 4 rings (SSSR count). The zero-order valence-electron chi connectivity index (χ0n) is 19.9. The Hall–Kier alpha value is -2.41. The average molecular weight is 440 g/mol. The second kappa shape index (κ2) is 10.0. The van der Waals surface area contributed by atoms with Crippen molar-refractivity contribution in [1.82, 2.24) is 19.9 Å². The molecule has 0 spiro atoms. The number of nitrogens with zero attached hydrogens (tertiary/aromatic N) is 4. The van der Waals surface area contributed by atoms with Gasteiger partial charge in [0, 0.05) is 62.2 Å². The van der Waals surface area contributed by atoms with Gasteiger partial charge in [0.25, 0.3) is 0 Å². The van der Waals surface area contributed by atoms with Crippen molar-refractivity contribution in [2.45, 2.75) is 90.4 Å². The first-order chi connectivity index (χ1) is 15.4. The summed E-state index contributed by atoms with van der Waals surface area (Å²) in [7, 11) is 0. The lowest BCUT2D eigenvalue weighted by molar-refractivity contribution is -0.132. The maximum absolute atomic E-state index is 13.4. The van der Waals surface area contributed by atoms with Gasteiger partial charge in [-0.05, 0) is 44.7 Å². The van der Waals surface area contributed by atoms with Crippen molar-refractivity contribution < 1.29 is 9.32 Å². The molecule has 7 nitrogen and oxygen atoms in total. The molecule has 2 aliphatic heterocycles. The maximum atomic E-state index is 13.4. The number of nitrogens with one attached hydrogen (secondary N) is 1. The Kier molecular flexibility index (Phi) is 7.13. The third-order valence-corrected chi connectivity index (χ3v) is 6.78.